The molecule has 1 aromatic rings. The average Bonchev–Trinajstić information content (AvgIpc) is 3.09. The van der Waals surface area contributed by atoms with Crippen molar-refractivity contribution >= 4 is 23.2 Å². The molecule has 0 aliphatic heterocycles. The molecule has 0 fully saturated rings. The van der Waals surface area contributed by atoms with Crippen LogP contribution in [-0.4, -0.2) is 45.1 Å². The average molecular weight is 383 g/mol. The minimum Gasteiger partial charge on any atom is -0.476 e. The van der Waals surface area contributed by atoms with Gasteiger partial charge in [0, 0.05) is 24.9 Å². The Hall–Kier alpha value is -1.73. The Morgan fingerprint density at radius 1 is 1.38 bits per heavy atom. The molecule has 0 aliphatic carbocycles. The number of carboxylic acid groups (broad SMARTS) is 1. The Balaban J connectivity index is 2.94. The number of aromatic nitrogens is 1. The highest BCUT2D eigenvalue weighted by atomic mass is 32.1. The summed E-state index contributed by atoms with van der Waals surface area (Å²) in [6.07, 6.45) is 1.96. The molecule has 7 heteroatoms. The van der Waals surface area contributed by atoms with Crippen molar-refractivity contribution in [2.75, 3.05) is 7.05 Å². The van der Waals surface area contributed by atoms with Crippen LogP contribution in [0.25, 0.3) is 0 Å². The van der Waals surface area contributed by atoms with Crippen molar-refractivity contribution in [3.8, 4) is 0 Å². The Kier molecular flexibility index (Phi) is 8.43. The number of hydrogen-bond donors (Lipinski definition) is 2. The van der Waals surface area contributed by atoms with Crippen LogP contribution in [0.5, 0.6) is 0 Å². The summed E-state index contributed by atoms with van der Waals surface area (Å²) in [5, 5.41) is 21.3. The molecule has 0 saturated heterocycles. The number of rotatable bonds is 10. The minimum atomic E-state index is -1.12. The number of aliphatic hydroxyl groups is 1. The van der Waals surface area contributed by atoms with Crippen molar-refractivity contribution in [1.29, 1.82) is 0 Å². The summed E-state index contributed by atoms with van der Waals surface area (Å²) in [7, 11) is 1.75. The van der Waals surface area contributed by atoms with Crippen molar-refractivity contribution in [1.82, 2.24) is 9.88 Å². The number of aliphatic hydroxyl groups excluding tert-OH is 1. The van der Waals surface area contributed by atoms with Crippen LogP contribution in [0.4, 0.5) is 0 Å². The molecule has 1 rings (SSSR count). The molecule has 0 unspecified atom stereocenters. The van der Waals surface area contributed by atoms with Gasteiger partial charge < -0.3 is 15.1 Å². The minimum absolute atomic E-state index is 0.00869. The highest BCUT2D eigenvalue weighted by Crippen LogP contribution is 2.28. The van der Waals surface area contributed by atoms with Crippen LogP contribution in [-0.2, 0) is 4.79 Å². The molecule has 0 aliphatic rings. The lowest BCUT2D eigenvalue weighted by molar-refractivity contribution is -0.137. The summed E-state index contributed by atoms with van der Waals surface area (Å²) in [5.74, 6) is -1.07. The maximum absolute atomic E-state index is 12.9. The second kappa shape index (κ2) is 9.83. The Bertz CT molecular complexity index is 629. The molecule has 4 atom stereocenters. The number of amides is 1. The van der Waals surface area contributed by atoms with E-state index in [1.165, 1.54) is 5.38 Å². The van der Waals surface area contributed by atoms with E-state index in [1.54, 1.807) is 18.0 Å². The normalized spacial score (nSPS) is 16.0. The topological polar surface area (TPSA) is 90.7 Å². The molecular weight excluding hydrogens is 352 g/mol. The van der Waals surface area contributed by atoms with Gasteiger partial charge >= 0.3 is 5.97 Å². The third kappa shape index (κ3) is 5.38. The summed E-state index contributed by atoms with van der Waals surface area (Å²) < 4.78 is 0. The lowest BCUT2D eigenvalue weighted by Gasteiger charge is -2.35. The molecule has 146 valence electrons. The Labute approximate surface area is 159 Å². The molecule has 1 amide bonds. The fraction of sp³-hybridized carbons (Fsp3) is 0.632. The SMILES string of the molecule is C=C[C@H](C(=O)N(C)[C@H](C[C@@H](O)c1nc(C(=O)O)cs1)C(C)C)[C@@H](C)CC. The van der Waals surface area contributed by atoms with Gasteiger partial charge in [0.05, 0.1) is 5.92 Å². The smallest absolute Gasteiger partial charge is 0.355 e. The number of nitrogens with zero attached hydrogens (tertiary/aromatic N) is 2. The van der Waals surface area contributed by atoms with Crippen molar-refractivity contribution < 1.29 is 19.8 Å². The molecule has 0 bridgehead atoms. The first-order valence-electron chi connectivity index (χ1n) is 8.89. The van der Waals surface area contributed by atoms with Crippen LogP contribution in [0.2, 0.25) is 0 Å². The zero-order chi connectivity index (χ0) is 20.0. The molecular formula is C19H30N2O4S. The van der Waals surface area contributed by atoms with E-state index in [-0.39, 0.29) is 35.4 Å². The lowest BCUT2D eigenvalue weighted by Crippen LogP contribution is -2.45. The van der Waals surface area contributed by atoms with Gasteiger partial charge in [-0.05, 0) is 11.8 Å². The number of hydrogen-bond acceptors (Lipinski definition) is 5. The van der Waals surface area contributed by atoms with Gasteiger partial charge in [0.1, 0.15) is 11.1 Å². The summed E-state index contributed by atoms with van der Waals surface area (Å²) >= 11 is 1.12. The maximum atomic E-state index is 12.9. The number of carbonyl (C=O) groups excluding carboxylic acids is 1. The van der Waals surface area contributed by atoms with Gasteiger partial charge in [-0.25, -0.2) is 9.78 Å². The van der Waals surface area contributed by atoms with E-state index in [0.717, 1.165) is 17.8 Å². The van der Waals surface area contributed by atoms with Gasteiger partial charge in [-0.3, -0.25) is 4.79 Å². The Morgan fingerprint density at radius 2 is 2.00 bits per heavy atom. The van der Waals surface area contributed by atoms with Crippen LogP contribution in [0.3, 0.4) is 0 Å². The third-order valence-electron chi connectivity index (χ3n) is 4.90. The van der Waals surface area contributed by atoms with E-state index in [1.807, 2.05) is 27.7 Å². The van der Waals surface area contributed by atoms with Gasteiger partial charge in [0.15, 0.2) is 5.69 Å². The highest BCUT2D eigenvalue weighted by molar-refractivity contribution is 7.09. The summed E-state index contributed by atoms with van der Waals surface area (Å²) in [6, 6.07) is -0.193. The molecule has 0 radical (unpaired) electrons. The van der Waals surface area contributed by atoms with E-state index in [9.17, 15) is 14.7 Å². The fourth-order valence-corrected chi connectivity index (χ4v) is 3.77. The first-order chi connectivity index (χ1) is 12.1. The molecule has 0 spiro atoms. The fourth-order valence-electron chi connectivity index (χ4n) is 2.97. The molecule has 0 aromatic carbocycles. The van der Waals surface area contributed by atoms with Crippen LogP contribution < -0.4 is 0 Å². The summed E-state index contributed by atoms with van der Waals surface area (Å²) in [5.41, 5.74) is -0.0712. The number of carbonyl (C=O) groups is 2. The van der Waals surface area contributed by atoms with Crippen molar-refractivity contribution in [2.45, 2.75) is 52.7 Å². The Morgan fingerprint density at radius 3 is 2.42 bits per heavy atom. The number of aromatic carboxylic acids is 1. The van der Waals surface area contributed by atoms with Crippen LogP contribution >= 0.6 is 11.3 Å². The van der Waals surface area contributed by atoms with Crippen LogP contribution in [0, 0.1) is 17.8 Å². The van der Waals surface area contributed by atoms with Gasteiger partial charge in [0.2, 0.25) is 5.91 Å². The van der Waals surface area contributed by atoms with E-state index >= 15 is 0 Å². The first-order valence-corrected chi connectivity index (χ1v) is 9.77. The quantitative estimate of drug-likeness (QED) is 0.604. The van der Waals surface area contributed by atoms with Gasteiger partial charge in [-0.15, -0.1) is 17.9 Å². The standard InChI is InChI=1S/C19H30N2O4S/c1-7-12(5)13(8-2)18(23)21(6)15(11(3)4)9-16(22)17-20-14(10-26-17)19(24)25/h8,10-13,15-16,22H,2,7,9H2,1,3-6H3,(H,24,25)/t12-,13-,15+,16+/m0/s1. The molecule has 1 aromatic heterocycles. The second-order valence-corrected chi connectivity index (χ2v) is 7.92. The second-order valence-electron chi connectivity index (χ2n) is 7.04. The van der Waals surface area contributed by atoms with Crippen molar-refractivity contribution in [3.05, 3.63) is 28.7 Å². The number of thiazole rings is 1. The summed E-state index contributed by atoms with van der Waals surface area (Å²) in [6.45, 7) is 11.9. The highest BCUT2D eigenvalue weighted by Gasteiger charge is 2.31. The van der Waals surface area contributed by atoms with Crippen LogP contribution in [0.1, 0.15) is 62.1 Å². The van der Waals surface area contributed by atoms with Gasteiger partial charge in [-0.2, -0.15) is 0 Å². The predicted octanol–water partition coefficient (Wildman–Crippen LogP) is 3.60. The molecule has 2 N–H and O–H groups in total. The van der Waals surface area contributed by atoms with E-state index < -0.39 is 12.1 Å². The predicted molar refractivity (Wildman–Crippen MR) is 103 cm³/mol. The van der Waals surface area contributed by atoms with Crippen molar-refractivity contribution in [3.63, 3.8) is 0 Å². The number of carboxylic acids is 1. The maximum Gasteiger partial charge on any atom is 0.355 e. The monoisotopic (exact) mass is 382 g/mol. The zero-order valence-electron chi connectivity index (χ0n) is 16.2. The third-order valence-corrected chi connectivity index (χ3v) is 5.85. The van der Waals surface area contributed by atoms with E-state index in [2.05, 4.69) is 11.6 Å². The molecule has 26 heavy (non-hydrogen) atoms. The largest absolute Gasteiger partial charge is 0.476 e. The molecule has 0 saturated carbocycles. The van der Waals surface area contributed by atoms with Gasteiger partial charge in [-0.1, -0.05) is 40.2 Å². The van der Waals surface area contributed by atoms with E-state index in [0.29, 0.717) is 11.4 Å². The zero-order valence-corrected chi connectivity index (χ0v) is 17.0. The summed E-state index contributed by atoms with van der Waals surface area (Å²) in [4.78, 5) is 29.5. The molecule has 6 nitrogen and oxygen atoms in total. The molecule has 1 heterocycles. The van der Waals surface area contributed by atoms with E-state index in [4.69, 9.17) is 5.11 Å². The lowest BCUT2D eigenvalue weighted by atomic mass is 9.88. The van der Waals surface area contributed by atoms with Gasteiger partial charge in [0.25, 0.3) is 0 Å². The van der Waals surface area contributed by atoms with Crippen molar-refractivity contribution in [2.24, 2.45) is 17.8 Å². The van der Waals surface area contributed by atoms with Crippen LogP contribution in [0.15, 0.2) is 18.0 Å². The first kappa shape index (κ1) is 22.3.